The molecule has 1 unspecified atom stereocenters. The van der Waals surface area contributed by atoms with E-state index in [-0.39, 0.29) is 0 Å². The summed E-state index contributed by atoms with van der Waals surface area (Å²) in [6, 6.07) is 6.23. The van der Waals surface area contributed by atoms with E-state index >= 15 is 0 Å². The molecule has 0 spiro atoms. The van der Waals surface area contributed by atoms with Gasteiger partial charge in [-0.05, 0) is 43.5 Å². The molecule has 1 aliphatic heterocycles. The lowest BCUT2D eigenvalue weighted by Crippen LogP contribution is -2.37. The highest BCUT2D eigenvalue weighted by atomic mass is 14.9. The molecule has 1 aliphatic rings. The predicted octanol–water partition coefficient (Wildman–Crippen LogP) is 1.37. The van der Waals surface area contributed by atoms with Crippen LogP contribution in [0.4, 0.5) is 0 Å². The van der Waals surface area contributed by atoms with Gasteiger partial charge in [0, 0.05) is 35.8 Å². The van der Waals surface area contributed by atoms with E-state index < -0.39 is 0 Å². The third kappa shape index (κ3) is 2.55. The maximum Gasteiger partial charge on any atom is 0.154 e. The molecular weight excluding hydrogens is 234 g/mol. The quantitative estimate of drug-likeness (QED) is 0.808. The van der Waals surface area contributed by atoms with E-state index in [0.29, 0.717) is 5.92 Å². The molecule has 0 saturated heterocycles. The van der Waals surface area contributed by atoms with Crippen molar-refractivity contribution >= 4 is 6.08 Å². The fourth-order valence-corrected chi connectivity index (χ4v) is 2.59. The van der Waals surface area contributed by atoms with Crippen molar-refractivity contribution in [2.75, 3.05) is 6.54 Å². The summed E-state index contributed by atoms with van der Waals surface area (Å²) >= 11 is 0. The Morgan fingerprint density at radius 2 is 2.21 bits per heavy atom. The summed E-state index contributed by atoms with van der Waals surface area (Å²) in [7, 11) is 0. The molecule has 2 aromatic heterocycles. The van der Waals surface area contributed by atoms with Crippen molar-refractivity contribution in [2.45, 2.75) is 20.3 Å². The lowest BCUT2D eigenvalue weighted by atomic mass is 9.97. The van der Waals surface area contributed by atoms with E-state index in [0.717, 1.165) is 24.1 Å². The second kappa shape index (κ2) is 4.92. The van der Waals surface area contributed by atoms with Crippen LogP contribution in [0.5, 0.6) is 0 Å². The molecule has 3 nitrogen and oxygen atoms in total. The van der Waals surface area contributed by atoms with E-state index in [1.807, 2.05) is 25.4 Å². The van der Waals surface area contributed by atoms with Gasteiger partial charge in [-0.3, -0.25) is 9.98 Å². The molecular formula is C16H17N3. The van der Waals surface area contributed by atoms with Crippen molar-refractivity contribution in [3.8, 4) is 0 Å². The first kappa shape index (κ1) is 12.0. The molecule has 0 fully saturated rings. The highest BCUT2D eigenvalue weighted by Gasteiger charge is 2.11. The van der Waals surface area contributed by atoms with Gasteiger partial charge in [0.05, 0.1) is 0 Å². The minimum atomic E-state index is 0.444. The summed E-state index contributed by atoms with van der Waals surface area (Å²) in [4.78, 5) is 13.3. The number of hydrogen-bond donors (Lipinski definition) is 0. The van der Waals surface area contributed by atoms with Crippen LogP contribution in [0, 0.1) is 19.8 Å². The summed E-state index contributed by atoms with van der Waals surface area (Å²) < 4.78 is 0. The fourth-order valence-electron chi connectivity index (χ4n) is 2.59. The molecule has 96 valence electrons. The van der Waals surface area contributed by atoms with Crippen molar-refractivity contribution in [3.63, 3.8) is 0 Å². The van der Waals surface area contributed by atoms with Crippen molar-refractivity contribution in [3.05, 3.63) is 58.1 Å². The Labute approximate surface area is 112 Å². The summed E-state index contributed by atoms with van der Waals surface area (Å²) in [5.74, 6) is 0.444. The lowest BCUT2D eigenvalue weighted by molar-refractivity contribution is 0.662. The molecule has 0 saturated carbocycles. The van der Waals surface area contributed by atoms with Crippen molar-refractivity contribution in [1.29, 1.82) is 0 Å². The topological polar surface area (TPSA) is 38.1 Å². The molecule has 19 heavy (non-hydrogen) atoms. The van der Waals surface area contributed by atoms with Crippen LogP contribution in [0.1, 0.15) is 16.8 Å². The van der Waals surface area contributed by atoms with Crippen LogP contribution in [-0.2, 0) is 6.42 Å². The Morgan fingerprint density at radius 1 is 1.32 bits per heavy atom. The summed E-state index contributed by atoms with van der Waals surface area (Å²) in [6.07, 6.45) is 7.05. The lowest BCUT2D eigenvalue weighted by Gasteiger charge is -2.14. The Morgan fingerprint density at radius 3 is 3.00 bits per heavy atom. The highest BCUT2D eigenvalue weighted by molar-refractivity contribution is 5.34. The fraction of sp³-hybridized carbons (Fsp3) is 0.312. The van der Waals surface area contributed by atoms with Crippen LogP contribution in [-0.4, -0.2) is 16.5 Å². The summed E-state index contributed by atoms with van der Waals surface area (Å²) in [5.41, 5.74) is 4.47. The van der Waals surface area contributed by atoms with Crippen LogP contribution >= 0.6 is 0 Å². The first-order chi connectivity index (χ1) is 9.22. The average Bonchev–Trinajstić information content (AvgIpc) is 2.40. The van der Waals surface area contributed by atoms with Gasteiger partial charge in [-0.15, -0.1) is 0 Å². The molecule has 0 N–H and O–H groups in total. The van der Waals surface area contributed by atoms with E-state index in [1.54, 1.807) is 0 Å². The zero-order valence-electron chi connectivity index (χ0n) is 11.3. The second-order valence-corrected chi connectivity index (χ2v) is 5.15. The van der Waals surface area contributed by atoms with Gasteiger partial charge in [-0.2, -0.15) is 0 Å². The van der Waals surface area contributed by atoms with Gasteiger partial charge in [0.25, 0.3) is 0 Å². The van der Waals surface area contributed by atoms with E-state index in [4.69, 9.17) is 0 Å². The SMILES string of the molecule is Cc1cc(C)c2c(n1)=NCC(Cc1cccnc1)C=2. The third-order valence-corrected chi connectivity index (χ3v) is 3.47. The second-order valence-electron chi connectivity index (χ2n) is 5.15. The van der Waals surface area contributed by atoms with Gasteiger partial charge in [0.1, 0.15) is 0 Å². The van der Waals surface area contributed by atoms with Crippen LogP contribution in [0.15, 0.2) is 35.6 Å². The summed E-state index contributed by atoms with van der Waals surface area (Å²) in [6.45, 7) is 4.97. The van der Waals surface area contributed by atoms with Gasteiger partial charge < -0.3 is 0 Å². The zero-order valence-corrected chi connectivity index (χ0v) is 11.3. The standard InChI is InChI=1S/C16H17N3/c1-11-6-12(2)19-16-15(11)8-14(10-18-16)7-13-4-3-5-17-9-13/h3-6,8-9,14H,7,10H2,1-2H3. The number of hydrogen-bond acceptors (Lipinski definition) is 3. The van der Waals surface area contributed by atoms with E-state index in [9.17, 15) is 0 Å². The maximum atomic E-state index is 4.63. The molecule has 0 bridgehead atoms. The van der Waals surface area contributed by atoms with Crippen molar-refractivity contribution < 1.29 is 0 Å². The van der Waals surface area contributed by atoms with Crippen LogP contribution < -0.4 is 10.7 Å². The van der Waals surface area contributed by atoms with Crippen LogP contribution in [0.3, 0.4) is 0 Å². The predicted molar refractivity (Wildman–Crippen MR) is 75.3 cm³/mol. The minimum absolute atomic E-state index is 0.444. The largest absolute Gasteiger partial charge is 0.266 e. The van der Waals surface area contributed by atoms with Crippen molar-refractivity contribution in [1.82, 2.24) is 9.97 Å². The van der Waals surface area contributed by atoms with Gasteiger partial charge in [-0.1, -0.05) is 12.1 Å². The first-order valence-corrected chi connectivity index (χ1v) is 6.62. The Hall–Kier alpha value is -2.03. The summed E-state index contributed by atoms with van der Waals surface area (Å²) in [5, 5.41) is 1.20. The minimum Gasteiger partial charge on any atom is -0.266 e. The van der Waals surface area contributed by atoms with Gasteiger partial charge in [-0.25, -0.2) is 4.98 Å². The van der Waals surface area contributed by atoms with Crippen LogP contribution in [0.25, 0.3) is 6.08 Å². The number of aromatic nitrogens is 2. The molecule has 0 radical (unpaired) electrons. The molecule has 0 amide bonds. The molecule has 2 aromatic rings. The van der Waals surface area contributed by atoms with Gasteiger partial charge in [0.2, 0.25) is 0 Å². The molecule has 0 aromatic carbocycles. The van der Waals surface area contributed by atoms with Gasteiger partial charge >= 0.3 is 0 Å². The van der Waals surface area contributed by atoms with E-state index in [1.165, 1.54) is 16.3 Å². The number of pyridine rings is 2. The molecule has 3 heterocycles. The monoisotopic (exact) mass is 251 g/mol. The smallest absolute Gasteiger partial charge is 0.154 e. The normalized spacial score (nSPS) is 17.3. The number of fused-ring (bicyclic) bond motifs is 1. The molecule has 1 atom stereocenters. The number of rotatable bonds is 2. The Kier molecular flexibility index (Phi) is 3.11. The Balaban J connectivity index is 1.94. The first-order valence-electron chi connectivity index (χ1n) is 6.62. The van der Waals surface area contributed by atoms with Gasteiger partial charge in [0.15, 0.2) is 5.49 Å². The van der Waals surface area contributed by atoms with Crippen molar-refractivity contribution in [2.24, 2.45) is 10.9 Å². The molecule has 0 aliphatic carbocycles. The molecule has 3 heteroatoms. The molecule has 3 rings (SSSR count). The zero-order chi connectivity index (χ0) is 13.2. The third-order valence-electron chi connectivity index (χ3n) is 3.47. The number of aryl methyl sites for hydroxylation is 2. The van der Waals surface area contributed by atoms with E-state index in [2.05, 4.69) is 40.1 Å². The maximum absolute atomic E-state index is 4.63. The average molecular weight is 251 g/mol. The Bertz CT molecular complexity index is 705. The van der Waals surface area contributed by atoms with Crippen LogP contribution in [0.2, 0.25) is 0 Å². The number of nitrogens with zero attached hydrogens (tertiary/aromatic N) is 3. The highest BCUT2D eigenvalue weighted by Crippen LogP contribution is 2.11.